The Balaban J connectivity index is 1.81. The molecule has 0 unspecified atom stereocenters. The number of alkyl halides is 3. The van der Waals surface area contributed by atoms with E-state index in [9.17, 15) is 18.0 Å². The van der Waals surface area contributed by atoms with Crippen molar-refractivity contribution in [1.82, 2.24) is 4.98 Å². The average molecular weight is 366 g/mol. The van der Waals surface area contributed by atoms with Crippen molar-refractivity contribution in [3.63, 3.8) is 0 Å². The minimum Gasteiger partial charge on any atom is -0.308 e. The van der Waals surface area contributed by atoms with Crippen molar-refractivity contribution < 1.29 is 18.0 Å². The van der Waals surface area contributed by atoms with Crippen LogP contribution in [0.1, 0.15) is 5.56 Å². The molecule has 0 saturated heterocycles. The number of carbonyl (C=O) groups excluding carboxylic acids is 1. The van der Waals surface area contributed by atoms with E-state index in [1.807, 2.05) is 12.1 Å². The van der Waals surface area contributed by atoms with E-state index >= 15 is 0 Å². The molecule has 2 N–H and O–H groups in total. The number of nitrogens with zero attached hydrogens (tertiary/aromatic N) is 1. The van der Waals surface area contributed by atoms with Crippen molar-refractivity contribution in [2.45, 2.75) is 6.18 Å². The van der Waals surface area contributed by atoms with Gasteiger partial charge in [0, 0.05) is 17.3 Å². The molecular weight excluding hydrogens is 355 g/mol. The highest BCUT2D eigenvalue weighted by atomic mass is 35.5. The molecule has 0 atom stereocenters. The SMILES string of the molecule is O=C(Nc1ccc(Cl)c(C(F)(F)F)c1)Nc1cccc2cccnc12. The highest BCUT2D eigenvalue weighted by molar-refractivity contribution is 6.31. The molecule has 0 aliphatic carbocycles. The van der Waals surface area contributed by atoms with Crippen LogP contribution in [0.25, 0.3) is 10.9 Å². The normalized spacial score (nSPS) is 11.4. The highest BCUT2D eigenvalue weighted by Gasteiger charge is 2.33. The molecule has 4 nitrogen and oxygen atoms in total. The average Bonchev–Trinajstić information content (AvgIpc) is 2.56. The van der Waals surface area contributed by atoms with Gasteiger partial charge in [0.25, 0.3) is 0 Å². The van der Waals surface area contributed by atoms with Crippen LogP contribution >= 0.6 is 11.6 Å². The Morgan fingerprint density at radius 2 is 1.80 bits per heavy atom. The third-order valence-corrected chi connectivity index (χ3v) is 3.74. The molecule has 1 heterocycles. The summed E-state index contributed by atoms with van der Waals surface area (Å²) in [5.74, 6) is 0. The number of hydrogen-bond acceptors (Lipinski definition) is 2. The van der Waals surface area contributed by atoms with Gasteiger partial charge in [0.15, 0.2) is 0 Å². The molecule has 0 fully saturated rings. The van der Waals surface area contributed by atoms with Crippen LogP contribution in [0.2, 0.25) is 5.02 Å². The Morgan fingerprint density at radius 3 is 2.56 bits per heavy atom. The smallest absolute Gasteiger partial charge is 0.308 e. The first-order valence-corrected chi connectivity index (χ1v) is 7.51. The van der Waals surface area contributed by atoms with Crippen LogP contribution in [0.5, 0.6) is 0 Å². The van der Waals surface area contributed by atoms with Crippen LogP contribution in [-0.4, -0.2) is 11.0 Å². The first-order valence-electron chi connectivity index (χ1n) is 7.13. The quantitative estimate of drug-likeness (QED) is 0.625. The molecule has 0 aliphatic heterocycles. The number of benzene rings is 2. The highest BCUT2D eigenvalue weighted by Crippen LogP contribution is 2.36. The topological polar surface area (TPSA) is 54.0 Å². The minimum atomic E-state index is -4.61. The number of carbonyl (C=O) groups is 1. The fourth-order valence-electron chi connectivity index (χ4n) is 2.31. The zero-order valence-electron chi connectivity index (χ0n) is 12.6. The number of fused-ring (bicyclic) bond motifs is 1. The maximum absolute atomic E-state index is 12.9. The Hall–Kier alpha value is -2.80. The summed E-state index contributed by atoms with van der Waals surface area (Å²) in [5.41, 5.74) is -0.0194. The molecule has 1 aromatic heterocycles. The summed E-state index contributed by atoms with van der Waals surface area (Å²) in [5, 5.41) is 5.33. The fourth-order valence-corrected chi connectivity index (χ4v) is 2.53. The number of amides is 2. The molecule has 3 rings (SSSR count). The summed E-state index contributed by atoms with van der Waals surface area (Å²) in [6.45, 7) is 0. The largest absolute Gasteiger partial charge is 0.417 e. The van der Waals surface area contributed by atoms with Gasteiger partial charge < -0.3 is 10.6 Å². The van der Waals surface area contributed by atoms with Gasteiger partial charge in [-0.05, 0) is 30.3 Å². The predicted molar refractivity (Wildman–Crippen MR) is 90.8 cm³/mol. The molecule has 0 aliphatic rings. The van der Waals surface area contributed by atoms with Crippen molar-refractivity contribution in [2.24, 2.45) is 0 Å². The van der Waals surface area contributed by atoms with Crippen LogP contribution in [-0.2, 0) is 6.18 Å². The molecular formula is C17H11ClF3N3O. The van der Waals surface area contributed by atoms with Gasteiger partial charge in [-0.2, -0.15) is 13.2 Å². The van der Waals surface area contributed by atoms with Gasteiger partial charge in [0.2, 0.25) is 0 Å². The number of urea groups is 1. The number of hydrogen-bond donors (Lipinski definition) is 2. The van der Waals surface area contributed by atoms with Crippen LogP contribution in [0, 0.1) is 0 Å². The minimum absolute atomic E-state index is 0.0255. The lowest BCUT2D eigenvalue weighted by Gasteiger charge is -2.13. The van der Waals surface area contributed by atoms with Gasteiger partial charge in [-0.15, -0.1) is 0 Å². The third-order valence-electron chi connectivity index (χ3n) is 3.41. The van der Waals surface area contributed by atoms with Gasteiger partial charge in [-0.25, -0.2) is 4.79 Å². The number of aromatic nitrogens is 1. The lowest BCUT2D eigenvalue weighted by Crippen LogP contribution is -2.20. The van der Waals surface area contributed by atoms with E-state index in [1.54, 1.807) is 24.4 Å². The molecule has 0 spiro atoms. The number of para-hydroxylation sites is 1. The number of pyridine rings is 1. The lowest BCUT2D eigenvalue weighted by molar-refractivity contribution is -0.137. The number of rotatable bonds is 2. The van der Waals surface area contributed by atoms with Crippen molar-refractivity contribution in [2.75, 3.05) is 10.6 Å². The molecule has 128 valence electrons. The van der Waals surface area contributed by atoms with Crippen LogP contribution in [0.15, 0.2) is 54.7 Å². The summed E-state index contributed by atoms with van der Waals surface area (Å²) < 4.78 is 38.6. The van der Waals surface area contributed by atoms with E-state index in [-0.39, 0.29) is 5.69 Å². The second kappa shape index (κ2) is 6.60. The Bertz CT molecular complexity index is 939. The van der Waals surface area contributed by atoms with Crippen LogP contribution < -0.4 is 10.6 Å². The first kappa shape index (κ1) is 17.0. The van der Waals surface area contributed by atoms with Crippen molar-refractivity contribution in [3.05, 3.63) is 65.3 Å². The summed E-state index contributed by atoms with van der Waals surface area (Å²) in [4.78, 5) is 16.3. The van der Waals surface area contributed by atoms with E-state index in [1.165, 1.54) is 6.07 Å². The first-order chi connectivity index (χ1) is 11.8. The number of nitrogens with one attached hydrogen (secondary N) is 2. The molecule has 2 amide bonds. The van der Waals surface area contributed by atoms with Gasteiger partial charge in [-0.3, -0.25) is 4.98 Å². The molecule has 25 heavy (non-hydrogen) atoms. The van der Waals surface area contributed by atoms with E-state index < -0.39 is 22.8 Å². The summed E-state index contributed by atoms with van der Waals surface area (Å²) in [7, 11) is 0. The molecule has 2 aromatic carbocycles. The number of halogens is 4. The standard InChI is InChI=1S/C17H11ClF3N3O/c18-13-7-6-11(9-12(13)17(19,20)21)23-16(25)24-14-5-1-3-10-4-2-8-22-15(10)14/h1-9H,(H2,23,24,25). The molecule has 0 radical (unpaired) electrons. The van der Waals surface area contributed by atoms with Crippen LogP contribution in [0.3, 0.4) is 0 Å². The van der Waals surface area contributed by atoms with Gasteiger partial charge >= 0.3 is 12.2 Å². The van der Waals surface area contributed by atoms with Gasteiger partial charge in [0.1, 0.15) is 0 Å². The number of anilines is 2. The molecule has 3 aromatic rings. The van der Waals surface area contributed by atoms with Gasteiger partial charge in [0.05, 0.1) is 21.8 Å². The van der Waals surface area contributed by atoms with E-state index in [4.69, 9.17) is 11.6 Å². The second-order valence-electron chi connectivity index (χ2n) is 5.15. The molecule has 8 heteroatoms. The zero-order valence-corrected chi connectivity index (χ0v) is 13.3. The van der Waals surface area contributed by atoms with Crippen molar-refractivity contribution >= 4 is 39.9 Å². The summed E-state index contributed by atoms with van der Waals surface area (Å²) in [6.07, 6.45) is -3.02. The maximum atomic E-state index is 12.9. The fraction of sp³-hybridized carbons (Fsp3) is 0.0588. The van der Waals surface area contributed by atoms with Crippen molar-refractivity contribution in [1.29, 1.82) is 0 Å². The third kappa shape index (κ3) is 3.83. The molecule has 0 bridgehead atoms. The Morgan fingerprint density at radius 1 is 1.04 bits per heavy atom. The molecule has 0 saturated carbocycles. The Kier molecular flexibility index (Phi) is 4.50. The zero-order chi connectivity index (χ0) is 18.0. The van der Waals surface area contributed by atoms with E-state index in [0.29, 0.717) is 11.2 Å². The monoisotopic (exact) mass is 365 g/mol. The maximum Gasteiger partial charge on any atom is 0.417 e. The predicted octanol–water partition coefficient (Wildman–Crippen LogP) is 5.55. The Labute approximate surface area is 145 Å². The summed E-state index contributed by atoms with van der Waals surface area (Å²) >= 11 is 5.56. The van der Waals surface area contributed by atoms with E-state index in [2.05, 4.69) is 15.6 Å². The second-order valence-corrected chi connectivity index (χ2v) is 5.56. The van der Waals surface area contributed by atoms with Crippen LogP contribution in [0.4, 0.5) is 29.3 Å². The lowest BCUT2D eigenvalue weighted by atomic mass is 10.2. The van der Waals surface area contributed by atoms with E-state index in [0.717, 1.165) is 17.5 Å². The van der Waals surface area contributed by atoms with Gasteiger partial charge in [-0.1, -0.05) is 29.8 Å². The van der Waals surface area contributed by atoms with Crippen molar-refractivity contribution in [3.8, 4) is 0 Å². The summed E-state index contributed by atoms with van der Waals surface area (Å²) in [6, 6.07) is 11.3.